The molecule has 1 unspecified atom stereocenters. The Morgan fingerprint density at radius 2 is 2.11 bits per heavy atom. The minimum Gasteiger partial charge on any atom is -0.476 e. The maximum atomic E-state index is 12.2. The summed E-state index contributed by atoms with van der Waals surface area (Å²) in [5.41, 5.74) is 1.94. The van der Waals surface area contributed by atoms with Crippen LogP contribution in [-0.2, 0) is 9.53 Å². The molecule has 1 fully saturated rings. The summed E-state index contributed by atoms with van der Waals surface area (Å²) >= 11 is 0. The lowest BCUT2D eigenvalue weighted by Crippen LogP contribution is -2.39. The van der Waals surface area contributed by atoms with Crippen LogP contribution in [0, 0.1) is 5.92 Å². The lowest BCUT2D eigenvalue weighted by atomic mass is 10.1. The first kappa shape index (κ1) is 19.4. The molecule has 0 bridgehead atoms. The average molecular weight is 372 g/mol. The third-order valence-corrected chi connectivity index (χ3v) is 4.62. The Kier molecular flexibility index (Phi) is 7.24. The van der Waals surface area contributed by atoms with Gasteiger partial charge in [-0.05, 0) is 18.5 Å². The van der Waals surface area contributed by atoms with Crippen molar-refractivity contribution in [1.82, 2.24) is 20.4 Å². The van der Waals surface area contributed by atoms with E-state index < -0.39 is 0 Å². The Morgan fingerprint density at radius 3 is 2.89 bits per heavy atom. The van der Waals surface area contributed by atoms with Gasteiger partial charge >= 0.3 is 0 Å². The molecule has 1 saturated heterocycles. The highest BCUT2D eigenvalue weighted by Crippen LogP contribution is 2.20. The van der Waals surface area contributed by atoms with Gasteiger partial charge in [0.2, 0.25) is 11.8 Å². The van der Waals surface area contributed by atoms with Crippen LogP contribution in [0.1, 0.15) is 13.3 Å². The Hall–Kier alpha value is -2.38. The molecule has 1 amide bonds. The Balaban J connectivity index is 1.34. The van der Waals surface area contributed by atoms with Crippen LogP contribution in [0.25, 0.3) is 11.3 Å². The third kappa shape index (κ3) is 6.08. The minimum atomic E-state index is -0.231. The number of H-pyrrole nitrogens is 1. The van der Waals surface area contributed by atoms with Gasteiger partial charge in [0.15, 0.2) is 0 Å². The number of aromatic nitrogens is 2. The monoisotopic (exact) mass is 372 g/mol. The molecule has 7 heteroatoms. The average Bonchev–Trinajstić information content (AvgIpc) is 3.20. The van der Waals surface area contributed by atoms with Crippen LogP contribution < -0.4 is 10.1 Å². The first-order valence-electron chi connectivity index (χ1n) is 9.54. The molecule has 2 heterocycles. The number of ether oxygens (including phenoxy) is 2. The fourth-order valence-electron chi connectivity index (χ4n) is 2.94. The van der Waals surface area contributed by atoms with Crippen molar-refractivity contribution >= 4 is 5.91 Å². The van der Waals surface area contributed by atoms with Crippen LogP contribution in [0.5, 0.6) is 5.88 Å². The number of benzene rings is 1. The molecule has 1 aliphatic heterocycles. The van der Waals surface area contributed by atoms with Gasteiger partial charge in [-0.25, -0.2) is 0 Å². The van der Waals surface area contributed by atoms with E-state index in [0.717, 1.165) is 50.5 Å². The number of carbonyl (C=O) groups is 1. The van der Waals surface area contributed by atoms with Crippen molar-refractivity contribution in [3.63, 3.8) is 0 Å². The Morgan fingerprint density at radius 1 is 1.33 bits per heavy atom. The van der Waals surface area contributed by atoms with Gasteiger partial charge in [-0.15, -0.1) is 5.10 Å². The third-order valence-electron chi connectivity index (χ3n) is 4.62. The van der Waals surface area contributed by atoms with E-state index in [0.29, 0.717) is 19.0 Å². The summed E-state index contributed by atoms with van der Waals surface area (Å²) in [4.78, 5) is 14.6. The number of hydrogen-bond donors (Lipinski definition) is 2. The summed E-state index contributed by atoms with van der Waals surface area (Å²) in [7, 11) is 0. The number of aromatic amines is 1. The van der Waals surface area contributed by atoms with E-state index in [-0.39, 0.29) is 11.8 Å². The number of morpholine rings is 1. The molecule has 1 aromatic carbocycles. The molecule has 2 aromatic rings. The normalized spacial score (nSPS) is 16.0. The molecule has 2 N–H and O–H groups in total. The molecular weight excluding hydrogens is 344 g/mol. The van der Waals surface area contributed by atoms with Crippen LogP contribution in [0.3, 0.4) is 0 Å². The summed E-state index contributed by atoms with van der Waals surface area (Å²) in [6.07, 6.45) is 0.944. The summed E-state index contributed by atoms with van der Waals surface area (Å²) in [6.45, 7) is 7.40. The van der Waals surface area contributed by atoms with E-state index >= 15 is 0 Å². The highest BCUT2D eigenvalue weighted by molar-refractivity contribution is 5.78. The topological polar surface area (TPSA) is 79.5 Å². The fourth-order valence-corrected chi connectivity index (χ4v) is 2.94. The van der Waals surface area contributed by atoms with Crippen LogP contribution in [0.4, 0.5) is 0 Å². The summed E-state index contributed by atoms with van der Waals surface area (Å²) < 4.78 is 11.0. The van der Waals surface area contributed by atoms with E-state index in [1.165, 1.54) is 0 Å². The van der Waals surface area contributed by atoms with Crippen molar-refractivity contribution in [3.8, 4) is 17.1 Å². The molecule has 1 aromatic heterocycles. The molecule has 146 valence electrons. The molecule has 1 atom stereocenters. The van der Waals surface area contributed by atoms with E-state index in [2.05, 4.69) is 20.4 Å². The lowest BCUT2D eigenvalue weighted by Gasteiger charge is -2.26. The van der Waals surface area contributed by atoms with Crippen LogP contribution in [0.2, 0.25) is 0 Å². The smallest absolute Gasteiger partial charge is 0.233 e. The molecule has 3 rings (SSSR count). The number of hydrogen-bond acceptors (Lipinski definition) is 5. The van der Waals surface area contributed by atoms with Crippen molar-refractivity contribution in [2.75, 3.05) is 46.0 Å². The quantitative estimate of drug-likeness (QED) is 0.658. The van der Waals surface area contributed by atoms with Crippen molar-refractivity contribution in [2.24, 2.45) is 5.92 Å². The van der Waals surface area contributed by atoms with Gasteiger partial charge < -0.3 is 14.8 Å². The van der Waals surface area contributed by atoms with Gasteiger partial charge in [0.1, 0.15) is 6.61 Å². The zero-order chi connectivity index (χ0) is 18.9. The molecule has 0 saturated carbocycles. The first-order valence-corrected chi connectivity index (χ1v) is 9.54. The molecule has 0 aliphatic carbocycles. The van der Waals surface area contributed by atoms with Crippen molar-refractivity contribution in [2.45, 2.75) is 13.3 Å². The van der Waals surface area contributed by atoms with E-state index in [1.807, 2.05) is 43.3 Å². The van der Waals surface area contributed by atoms with Crippen LogP contribution in [0.15, 0.2) is 36.4 Å². The van der Waals surface area contributed by atoms with Gasteiger partial charge in [-0.1, -0.05) is 37.3 Å². The Labute approximate surface area is 160 Å². The predicted octanol–water partition coefficient (Wildman–Crippen LogP) is 1.93. The van der Waals surface area contributed by atoms with Gasteiger partial charge in [-0.3, -0.25) is 14.8 Å². The zero-order valence-electron chi connectivity index (χ0n) is 15.8. The van der Waals surface area contributed by atoms with Crippen LogP contribution in [-0.4, -0.2) is 67.0 Å². The van der Waals surface area contributed by atoms with Gasteiger partial charge in [0.05, 0.1) is 24.8 Å². The number of rotatable bonds is 9. The number of amides is 1. The molecule has 0 spiro atoms. The van der Waals surface area contributed by atoms with Gasteiger partial charge in [-0.2, -0.15) is 0 Å². The molecule has 27 heavy (non-hydrogen) atoms. The predicted molar refractivity (Wildman–Crippen MR) is 104 cm³/mol. The van der Waals surface area contributed by atoms with E-state index in [1.54, 1.807) is 0 Å². The highest BCUT2D eigenvalue weighted by atomic mass is 16.5. The second-order valence-corrected chi connectivity index (χ2v) is 6.80. The zero-order valence-corrected chi connectivity index (χ0v) is 15.8. The summed E-state index contributed by atoms with van der Waals surface area (Å²) in [6, 6.07) is 11.8. The molecule has 7 nitrogen and oxygen atoms in total. The number of nitrogens with one attached hydrogen (secondary N) is 2. The van der Waals surface area contributed by atoms with Gasteiger partial charge in [0, 0.05) is 25.7 Å². The standard InChI is InChI=1S/C20H28N4O3/c1-16(20(25)21-8-5-9-24-10-12-26-13-11-24)15-27-19-14-18(22-23-19)17-6-3-2-4-7-17/h2-4,6-7,14,16H,5,8-13,15H2,1H3,(H,21,25)(H,22,23). The van der Waals surface area contributed by atoms with E-state index in [4.69, 9.17) is 9.47 Å². The highest BCUT2D eigenvalue weighted by Gasteiger charge is 2.15. The van der Waals surface area contributed by atoms with Crippen molar-refractivity contribution in [3.05, 3.63) is 36.4 Å². The maximum absolute atomic E-state index is 12.2. The molecule has 1 aliphatic rings. The largest absolute Gasteiger partial charge is 0.476 e. The van der Waals surface area contributed by atoms with Crippen molar-refractivity contribution < 1.29 is 14.3 Å². The van der Waals surface area contributed by atoms with Crippen LogP contribution >= 0.6 is 0 Å². The van der Waals surface area contributed by atoms with Crippen molar-refractivity contribution in [1.29, 1.82) is 0 Å². The van der Waals surface area contributed by atoms with Gasteiger partial charge in [0.25, 0.3) is 0 Å². The lowest BCUT2D eigenvalue weighted by molar-refractivity contribution is -0.125. The molecular formula is C20H28N4O3. The summed E-state index contributed by atoms with van der Waals surface area (Å²) in [5.74, 6) is 0.280. The maximum Gasteiger partial charge on any atom is 0.233 e. The second-order valence-electron chi connectivity index (χ2n) is 6.80. The number of nitrogens with zero attached hydrogens (tertiary/aromatic N) is 2. The van der Waals surface area contributed by atoms with E-state index in [9.17, 15) is 4.79 Å². The molecule has 0 radical (unpaired) electrons. The minimum absolute atomic E-state index is 0.01000. The summed E-state index contributed by atoms with van der Waals surface area (Å²) in [5, 5.41) is 10.1. The SMILES string of the molecule is CC(COc1cc(-c2ccccc2)[nH]n1)C(=O)NCCCN1CCOCC1. The first-order chi connectivity index (χ1) is 13.2. The Bertz CT molecular complexity index is 698. The number of carbonyl (C=O) groups excluding carboxylic acids is 1. The second kappa shape index (κ2) is 10.1. The fraction of sp³-hybridized carbons (Fsp3) is 0.500.